The van der Waals surface area contributed by atoms with Crippen molar-refractivity contribution in [1.82, 2.24) is 10.6 Å². The molecule has 0 aromatic heterocycles. The predicted molar refractivity (Wildman–Crippen MR) is 80.3 cm³/mol. The first-order valence-corrected chi connectivity index (χ1v) is 7.05. The number of rotatable bonds is 5. The number of nitrogens with one attached hydrogen (secondary N) is 2. The van der Waals surface area contributed by atoms with Gasteiger partial charge in [-0.15, -0.1) is 12.4 Å². The van der Waals surface area contributed by atoms with Crippen LogP contribution in [0, 0.1) is 5.92 Å². The molecule has 1 aliphatic heterocycles. The van der Waals surface area contributed by atoms with Crippen molar-refractivity contribution in [1.29, 1.82) is 0 Å². The highest BCUT2D eigenvalue weighted by molar-refractivity contribution is 5.85. The van der Waals surface area contributed by atoms with Crippen LogP contribution in [0.25, 0.3) is 0 Å². The zero-order valence-electron chi connectivity index (χ0n) is 11.4. The minimum atomic E-state index is 0. The van der Waals surface area contributed by atoms with E-state index in [9.17, 15) is 4.79 Å². The number of hydrogen-bond donors (Lipinski definition) is 2. The van der Waals surface area contributed by atoms with E-state index < -0.39 is 0 Å². The summed E-state index contributed by atoms with van der Waals surface area (Å²) in [4.78, 5) is 11.9. The average molecular weight is 297 g/mol. The summed E-state index contributed by atoms with van der Waals surface area (Å²) in [5.74, 6) is 1.77. The molecule has 1 heterocycles. The van der Waals surface area contributed by atoms with Gasteiger partial charge < -0.3 is 15.4 Å². The van der Waals surface area contributed by atoms with Crippen LogP contribution in [-0.4, -0.2) is 25.6 Å². The second kappa shape index (κ2) is 6.95. The molecule has 5 heteroatoms. The third kappa shape index (κ3) is 3.87. The highest BCUT2D eigenvalue weighted by atomic mass is 35.5. The van der Waals surface area contributed by atoms with E-state index in [0.29, 0.717) is 13.2 Å². The van der Waals surface area contributed by atoms with Gasteiger partial charge in [0, 0.05) is 12.0 Å². The molecule has 3 rings (SSSR count). The highest BCUT2D eigenvalue weighted by Crippen LogP contribution is 2.31. The van der Waals surface area contributed by atoms with Gasteiger partial charge in [-0.2, -0.15) is 0 Å². The monoisotopic (exact) mass is 296 g/mol. The fourth-order valence-corrected chi connectivity index (χ4v) is 2.45. The Bertz CT molecular complexity index is 463. The molecule has 2 aliphatic rings. The maximum atomic E-state index is 11.9. The van der Waals surface area contributed by atoms with Crippen molar-refractivity contribution in [2.45, 2.75) is 25.3 Å². The van der Waals surface area contributed by atoms with Gasteiger partial charge in [0.25, 0.3) is 0 Å². The van der Waals surface area contributed by atoms with Gasteiger partial charge in [-0.05, 0) is 31.4 Å². The Balaban J connectivity index is 0.00000147. The summed E-state index contributed by atoms with van der Waals surface area (Å²) >= 11 is 0. The number of carbonyl (C=O) groups is 1. The SMILES string of the molecule is Cl.O=C(CNCC1CC1)NC1CCOc2ccccc21. The number of ether oxygens (including phenoxy) is 1. The Labute approximate surface area is 125 Å². The zero-order valence-corrected chi connectivity index (χ0v) is 12.2. The normalized spacial score (nSPS) is 20.3. The van der Waals surface area contributed by atoms with Crippen molar-refractivity contribution in [2.75, 3.05) is 19.7 Å². The molecule has 0 spiro atoms. The van der Waals surface area contributed by atoms with Crippen LogP contribution in [0.3, 0.4) is 0 Å². The average Bonchev–Trinajstić information content (AvgIpc) is 3.23. The smallest absolute Gasteiger partial charge is 0.234 e. The second-order valence-electron chi connectivity index (χ2n) is 5.37. The van der Waals surface area contributed by atoms with Crippen LogP contribution in [0.2, 0.25) is 0 Å². The van der Waals surface area contributed by atoms with Crippen molar-refractivity contribution in [3.05, 3.63) is 29.8 Å². The van der Waals surface area contributed by atoms with Crippen LogP contribution in [0.1, 0.15) is 30.9 Å². The van der Waals surface area contributed by atoms with Crippen LogP contribution < -0.4 is 15.4 Å². The number of fused-ring (bicyclic) bond motifs is 1. The third-order valence-electron chi connectivity index (χ3n) is 3.71. The van der Waals surface area contributed by atoms with Crippen LogP contribution in [0.15, 0.2) is 24.3 Å². The Morgan fingerprint density at radius 3 is 2.85 bits per heavy atom. The summed E-state index contributed by atoms with van der Waals surface area (Å²) < 4.78 is 5.59. The number of halogens is 1. The molecule has 0 bridgehead atoms. The molecule has 110 valence electrons. The molecule has 1 atom stereocenters. The standard InChI is InChI=1S/C15H20N2O2.ClH/c18-15(10-16-9-11-5-6-11)17-13-7-8-19-14-4-2-1-3-12(13)14;/h1-4,11,13,16H,5-10H2,(H,17,18);1H. The van der Waals surface area contributed by atoms with Crippen molar-refractivity contribution in [2.24, 2.45) is 5.92 Å². The molecule has 1 saturated carbocycles. The first kappa shape index (κ1) is 15.1. The Morgan fingerprint density at radius 2 is 2.05 bits per heavy atom. The van der Waals surface area contributed by atoms with E-state index in [-0.39, 0.29) is 24.4 Å². The summed E-state index contributed by atoms with van der Waals surface area (Å²) in [6.45, 7) is 2.05. The number of benzene rings is 1. The van der Waals surface area contributed by atoms with Gasteiger partial charge in [0.2, 0.25) is 5.91 Å². The van der Waals surface area contributed by atoms with Gasteiger partial charge in [0.15, 0.2) is 0 Å². The highest BCUT2D eigenvalue weighted by Gasteiger charge is 2.23. The van der Waals surface area contributed by atoms with Crippen LogP contribution >= 0.6 is 12.4 Å². The molecule has 20 heavy (non-hydrogen) atoms. The Kier molecular flexibility index (Phi) is 5.26. The molecule has 1 aromatic rings. The lowest BCUT2D eigenvalue weighted by molar-refractivity contribution is -0.121. The molecule has 4 nitrogen and oxygen atoms in total. The number of carbonyl (C=O) groups excluding carboxylic acids is 1. The first-order chi connectivity index (χ1) is 9.33. The molecule has 1 aliphatic carbocycles. The first-order valence-electron chi connectivity index (χ1n) is 7.05. The quantitative estimate of drug-likeness (QED) is 0.874. The summed E-state index contributed by atoms with van der Waals surface area (Å²) in [6, 6.07) is 8.01. The van der Waals surface area contributed by atoms with Crippen LogP contribution in [0.5, 0.6) is 5.75 Å². The maximum Gasteiger partial charge on any atom is 0.234 e. The lowest BCUT2D eigenvalue weighted by Gasteiger charge is -2.26. The molecule has 1 amide bonds. The van der Waals surface area contributed by atoms with Gasteiger partial charge in [-0.25, -0.2) is 0 Å². The summed E-state index contributed by atoms with van der Waals surface area (Å²) in [5, 5.41) is 6.31. The zero-order chi connectivity index (χ0) is 13.1. The number of para-hydroxylation sites is 1. The largest absolute Gasteiger partial charge is 0.493 e. The van der Waals surface area contributed by atoms with Crippen molar-refractivity contribution in [3.63, 3.8) is 0 Å². The van der Waals surface area contributed by atoms with Crippen molar-refractivity contribution >= 4 is 18.3 Å². The van der Waals surface area contributed by atoms with Gasteiger partial charge in [0.1, 0.15) is 5.75 Å². The van der Waals surface area contributed by atoms with E-state index >= 15 is 0 Å². The molecule has 0 radical (unpaired) electrons. The molecule has 1 aromatic carbocycles. The van der Waals surface area contributed by atoms with E-state index in [2.05, 4.69) is 10.6 Å². The summed E-state index contributed by atoms with van der Waals surface area (Å²) in [6.07, 6.45) is 3.45. The molecule has 0 saturated heterocycles. The third-order valence-corrected chi connectivity index (χ3v) is 3.71. The Morgan fingerprint density at radius 1 is 1.25 bits per heavy atom. The van der Waals surface area contributed by atoms with Gasteiger partial charge >= 0.3 is 0 Å². The van der Waals surface area contributed by atoms with Gasteiger partial charge in [-0.3, -0.25) is 4.79 Å². The minimum Gasteiger partial charge on any atom is -0.493 e. The number of hydrogen-bond acceptors (Lipinski definition) is 3. The van der Waals surface area contributed by atoms with Crippen LogP contribution in [0.4, 0.5) is 0 Å². The lowest BCUT2D eigenvalue weighted by atomic mass is 10.0. The molecule has 2 N–H and O–H groups in total. The minimum absolute atomic E-state index is 0. The Hall–Kier alpha value is -1.26. The molecular formula is C15H21ClN2O2. The van der Waals surface area contributed by atoms with Crippen LogP contribution in [-0.2, 0) is 4.79 Å². The summed E-state index contributed by atoms with van der Waals surface area (Å²) in [7, 11) is 0. The fraction of sp³-hybridized carbons (Fsp3) is 0.533. The topological polar surface area (TPSA) is 50.4 Å². The lowest BCUT2D eigenvalue weighted by Crippen LogP contribution is -2.38. The molecular weight excluding hydrogens is 276 g/mol. The van der Waals surface area contributed by atoms with E-state index in [1.807, 2.05) is 24.3 Å². The summed E-state index contributed by atoms with van der Waals surface area (Å²) in [5.41, 5.74) is 1.09. The van der Waals surface area contributed by atoms with Gasteiger partial charge in [-0.1, -0.05) is 18.2 Å². The number of amides is 1. The second-order valence-corrected chi connectivity index (χ2v) is 5.37. The van der Waals surface area contributed by atoms with E-state index in [1.54, 1.807) is 0 Å². The van der Waals surface area contributed by atoms with Crippen molar-refractivity contribution < 1.29 is 9.53 Å². The predicted octanol–water partition coefficient (Wildman–Crippen LogP) is 2.05. The van der Waals surface area contributed by atoms with E-state index in [0.717, 1.165) is 30.2 Å². The fourth-order valence-electron chi connectivity index (χ4n) is 2.45. The maximum absolute atomic E-state index is 11.9. The van der Waals surface area contributed by atoms with E-state index in [1.165, 1.54) is 12.8 Å². The van der Waals surface area contributed by atoms with Crippen molar-refractivity contribution in [3.8, 4) is 5.75 Å². The van der Waals surface area contributed by atoms with E-state index in [4.69, 9.17) is 4.74 Å². The van der Waals surface area contributed by atoms with Gasteiger partial charge in [0.05, 0.1) is 19.2 Å². The molecule has 1 fully saturated rings. The molecule has 1 unspecified atom stereocenters.